The number of hydrogen-bond acceptors (Lipinski definition) is 3. The van der Waals surface area contributed by atoms with Crippen molar-refractivity contribution < 1.29 is 9.53 Å². The Morgan fingerprint density at radius 2 is 2.33 bits per heavy atom. The summed E-state index contributed by atoms with van der Waals surface area (Å²) in [6.45, 7) is 3.57. The summed E-state index contributed by atoms with van der Waals surface area (Å²) in [6.07, 6.45) is 0. The molecule has 2 rings (SSSR count). The molecule has 1 aliphatic rings. The highest BCUT2D eigenvalue weighted by Gasteiger charge is 2.33. The lowest BCUT2D eigenvalue weighted by atomic mass is 10.0. The molecule has 98 valence electrons. The average Bonchev–Trinajstić information content (AvgIpc) is 2.29. The van der Waals surface area contributed by atoms with E-state index < -0.39 is 0 Å². The molecule has 1 fully saturated rings. The highest BCUT2D eigenvalue weighted by Crippen LogP contribution is 2.26. The van der Waals surface area contributed by atoms with Gasteiger partial charge >= 0.3 is 0 Å². The summed E-state index contributed by atoms with van der Waals surface area (Å²) in [4.78, 5) is 11.7. The Kier molecular flexibility index (Phi) is 4.27. The van der Waals surface area contributed by atoms with Crippen molar-refractivity contribution in [3.8, 4) is 0 Å². The van der Waals surface area contributed by atoms with Crippen LogP contribution in [0.25, 0.3) is 0 Å². The number of carbonyl (C=O) groups excluding carboxylic acids is 1. The molecule has 18 heavy (non-hydrogen) atoms. The summed E-state index contributed by atoms with van der Waals surface area (Å²) in [5, 5.41) is 6.44. The zero-order valence-corrected chi connectivity index (χ0v) is 12.3. The minimum Gasteiger partial charge on any atom is -0.363 e. The van der Waals surface area contributed by atoms with Gasteiger partial charge in [0, 0.05) is 22.6 Å². The third-order valence-corrected chi connectivity index (χ3v) is 3.68. The molecule has 1 aromatic carbocycles. The van der Waals surface area contributed by atoms with E-state index in [2.05, 4.69) is 26.6 Å². The number of ether oxygens (including phenoxy) is 1. The lowest BCUT2D eigenvalue weighted by molar-refractivity contribution is -0.130. The third-order valence-electron chi connectivity index (χ3n) is 2.75. The largest absolute Gasteiger partial charge is 0.363 e. The summed E-state index contributed by atoms with van der Waals surface area (Å²) in [5.41, 5.74) is 0.427. The van der Waals surface area contributed by atoms with Crippen LogP contribution >= 0.6 is 27.5 Å². The molecule has 2 N–H and O–H groups in total. The molecule has 0 aliphatic carbocycles. The minimum atomic E-state index is -0.219. The maximum atomic E-state index is 11.7. The fourth-order valence-electron chi connectivity index (χ4n) is 1.60. The van der Waals surface area contributed by atoms with Crippen molar-refractivity contribution in [3.05, 3.63) is 27.7 Å². The van der Waals surface area contributed by atoms with E-state index in [9.17, 15) is 4.79 Å². The first kappa shape index (κ1) is 13.8. The van der Waals surface area contributed by atoms with E-state index in [0.717, 1.165) is 17.6 Å². The predicted molar refractivity (Wildman–Crippen MR) is 75.0 cm³/mol. The third kappa shape index (κ3) is 3.45. The molecule has 0 saturated carbocycles. The molecular weight excluding hydrogens is 320 g/mol. The highest BCUT2D eigenvalue weighted by molar-refractivity contribution is 9.10. The van der Waals surface area contributed by atoms with Gasteiger partial charge in [-0.05, 0) is 41.1 Å². The van der Waals surface area contributed by atoms with Crippen molar-refractivity contribution in [2.24, 2.45) is 0 Å². The number of rotatable bonds is 4. The fraction of sp³-hybridized carbons (Fsp3) is 0.417. The Morgan fingerprint density at radius 3 is 2.94 bits per heavy atom. The van der Waals surface area contributed by atoms with Crippen LogP contribution in [0.3, 0.4) is 0 Å². The molecule has 6 heteroatoms. The molecule has 1 heterocycles. The van der Waals surface area contributed by atoms with E-state index >= 15 is 0 Å². The molecule has 1 saturated heterocycles. The van der Waals surface area contributed by atoms with Gasteiger partial charge in [-0.25, -0.2) is 0 Å². The van der Waals surface area contributed by atoms with Crippen molar-refractivity contribution >= 4 is 39.1 Å². The molecule has 0 radical (unpaired) electrons. The van der Waals surface area contributed by atoms with E-state index in [0.29, 0.717) is 10.7 Å². The van der Waals surface area contributed by atoms with Gasteiger partial charge in [-0.2, -0.15) is 0 Å². The minimum absolute atomic E-state index is 0.0388. The predicted octanol–water partition coefficient (Wildman–Crippen LogP) is 2.42. The van der Waals surface area contributed by atoms with Gasteiger partial charge in [0.15, 0.2) is 0 Å². The monoisotopic (exact) mass is 332 g/mol. The fourth-order valence-corrected chi connectivity index (χ4v) is 2.12. The Balaban J connectivity index is 1.88. The lowest BCUT2D eigenvalue weighted by Crippen LogP contribution is -2.59. The van der Waals surface area contributed by atoms with Crippen LogP contribution in [0.5, 0.6) is 0 Å². The number of anilines is 1. The summed E-state index contributed by atoms with van der Waals surface area (Å²) >= 11 is 9.22. The first-order chi connectivity index (χ1) is 8.48. The number of hydrogen-bond donors (Lipinski definition) is 2. The van der Waals surface area contributed by atoms with Crippen LogP contribution in [0.4, 0.5) is 5.69 Å². The Hall–Kier alpha value is -0.620. The number of amides is 1. The maximum absolute atomic E-state index is 11.7. The SMILES string of the molecule is CC1(OCC(=O)Nc2cc(Cl)ccc2Br)CNC1. The van der Waals surface area contributed by atoms with Crippen molar-refractivity contribution in [1.82, 2.24) is 5.32 Å². The zero-order valence-electron chi connectivity index (χ0n) is 9.93. The van der Waals surface area contributed by atoms with Crippen molar-refractivity contribution in [2.45, 2.75) is 12.5 Å². The van der Waals surface area contributed by atoms with Gasteiger partial charge in [0.05, 0.1) is 11.3 Å². The molecular formula is C12H14BrClN2O2. The smallest absolute Gasteiger partial charge is 0.250 e. The van der Waals surface area contributed by atoms with E-state index in [1.807, 2.05) is 6.92 Å². The van der Waals surface area contributed by atoms with Gasteiger partial charge in [-0.15, -0.1) is 0 Å². The first-order valence-corrected chi connectivity index (χ1v) is 6.75. The highest BCUT2D eigenvalue weighted by atomic mass is 79.9. The van der Waals surface area contributed by atoms with E-state index in [1.54, 1.807) is 18.2 Å². The summed E-state index contributed by atoms with van der Waals surface area (Å²) in [5.74, 6) is -0.189. The van der Waals surface area contributed by atoms with Crippen LogP contribution in [0.2, 0.25) is 5.02 Å². The normalized spacial score (nSPS) is 17.1. The van der Waals surface area contributed by atoms with E-state index in [4.69, 9.17) is 16.3 Å². The van der Waals surface area contributed by atoms with Crippen LogP contribution in [-0.4, -0.2) is 31.2 Å². The van der Waals surface area contributed by atoms with Gasteiger partial charge in [-0.3, -0.25) is 4.79 Å². The second-order valence-corrected chi connectivity index (χ2v) is 5.81. The van der Waals surface area contributed by atoms with Crippen molar-refractivity contribution in [3.63, 3.8) is 0 Å². The molecule has 0 unspecified atom stereocenters. The second kappa shape index (κ2) is 5.57. The van der Waals surface area contributed by atoms with Crippen LogP contribution in [0.1, 0.15) is 6.92 Å². The number of halogens is 2. The maximum Gasteiger partial charge on any atom is 0.250 e. The molecule has 0 aromatic heterocycles. The van der Waals surface area contributed by atoms with Crippen LogP contribution in [0.15, 0.2) is 22.7 Å². The van der Waals surface area contributed by atoms with Crippen molar-refractivity contribution in [2.75, 3.05) is 25.0 Å². The molecule has 1 amide bonds. The molecule has 1 aromatic rings. The molecule has 0 atom stereocenters. The second-order valence-electron chi connectivity index (χ2n) is 4.51. The molecule has 0 bridgehead atoms. The van der Waals surface area contributed by atoms with Crippen LogP contribution in [-0.2, 0) is 9.53 Å². The zero-order chi connectivity index (χ0) is 13.2. The van der Waals surface area contributed by atoms with E-state index in [-0.39, 0.29) is 18.1 Å². The number of nitrogens with one attached hydrogen (secondary N) is 2. The summed E-state index contributed by atoms with van der Waals surface area (Å²) in [6, 6.07) is 5.23. The Labute approximate surface area is 119 Å². The first-order valence-electron chi connectivity index (χ1n) is 5.58. The Bertz CT molecular complexity index is 463. The van der Waals surface area contributed by atoms with Gasteiger partial charge in [0.25, 0.3) is 0 Å². The average molecular weight is 334 g/mol. The molecule has 1 aliphatic heterocycles. The van der Waals surface area contributed by atoms with Crippen LogP contribution < -0.4 is 10.6 Å². The van der Waals surface area contributed by atoms with E-state index in [1.165, 1.54) is 0 Å². The van der Waals surface area contributed by atoms with Crippen molar-refractivity contribution in [1.29, 1.82) is 0 Å². The quantitative estimate of drug-likeness (QED) is 0.890. The standard InChI is InChI=1S/C12H14BrClN2O2/c1-12(6-15-7-12)18-5-11(17)16-10-4-8(14)2-3-9(10)13/h2-4,15H,5-7H2,1H3,(H,16,17). The molecule has 0 spiro atoms. The molecule has 4 nitrogen and oxygen atoms in total. The van der Waals surface area contributed by atoms with Gasteiger partial charge < -0.3 is 15.4 Å². The van der Waals surface area contributed by atoms with Gasteiger partial charge in [-0.1, -0.05) is 11.6 Å². The number of carbonyl (C=O) groups is 1. The van der Waals surface area contributed by atoms with Crippen LogP contribution in [0, 0.1) is 0 Å². The summed E-state index contributed by atoms with van der Waals surface area (Å²) in [7, 11) is 0. The van der Waals surface area contributed by atoms with Gasteiger partial charge in [0.1, 0.15) is 6.61 Å². The summed E-state index contributed by atoms with van der Waals surface area (Å²) < 4.78 is 6.34. The Morgan fingerprint density at radius 1 is 1.61 bits per heavy atom. The topological polar surface area (TPSA) is 50.4 Å². The lowest BCUT2D eigenvalue weighted by Gasteiger charge is -2.38. The number of benzene rings is 1. The van der Waals surface area contributed by atoms with Gasteiger partial charge in [0.2, 0.25) is 5.91 Å².